The highest BCUT2D eigenvalue weighted by molar-refractivity contribution is 5.93. The minimum Gasteiger partial charge on any atom is -0.389 e. The van der Waals surface area contributed by atoms with Crippen molar-refractivity contribution in [3.63, 3.8) is 0 Å². The van der Waals surface area contributed by atoms with Gasteiger partial charge in [-0.15, -0.1) is 0 Å². The van der Waals surface area contributed by atoms with Gasteiger partial charge in [-0.05, 0) is 43.4 Å². The SMILES string of the molecule is O=C(CC1(O)CCCC1)NCc1ccc(N2CCCCC2=O)cc1. The molecule has 2 aliphatic rings. The summed E-state index contributed by atoms with van der Waals surface area (Å²) in [6.07, 6.45) is 6.28. The Kier molecular flexibility index (Phi) is 5.19. The van der Waals surface area contributed by atoms with Crippen molar-refractivity contribution in [3.05, 3.63) is 29.8 Å². The van der Waals surface area contributed by atoms with Gasteiger partial charge in [0.05, 0.1) is 12.0 Å². The number of anilines is 1. The van der Waals surface area contributed by atoms with E-state index < -0.39 is 5.60 Å². The van der Waals surface area contributed by atoms with Gasteiger partial charge in [0.15, 0.2) is 0 Å². The lowest BCUT2D eigenvalue weighted by Gasteiger charge is -2.27. The van der Waals surface area contributed by atoms with E-state index in [1.54, 1.807) is 0 Å². The highest BCUT2D eigenvalue weighted by Crippen LogP contribution is 2.32. The molecular weight excluding hydrogens is 304 g/mol. The maximum absolute atomic E-state index is 12.0. The number of benzene rings is 1. The fourth-order valence-electron chi connectivity index (χ4n) is 3.64. The summed E-state index contributed by atoms with van der Waals surface area (Å²) in [5.74, 6) is 0.0850. The summed E-state index contributed by atoms with van der Waals surface area (Å²) in [7, 11) is 0. The molecule has 1 aliphatic heterocycles. The van der Waals surface area contributed by atoms with Crippen molar-refractivity contribution in [1.29, 1.82) is 0 Å². The Morgan fingerprint density at radius 2 is 1.83 bits per heavy atom. The Morgan fingerprint density at radius 1 is 1.12 bits per heavy atom. The molecule has 5 heteroatoms. The number of hydrogen-bond acceptors (Lipinski definition) is 3. The number of aliphatic hydroxyl groups is 1. The Bertz CT molecular complexity index is 591. The molecule has 1 aliphatic carbocycles. The maximum Gasteiger partial charge on any atom is 0.226 e. The van der Waals surface area contributed by atoms with Gasteiger partial charge in [0.1, 0.15) is 0 Å². The van der Waals surface area contributed by atoms with E-state index in [1.807, 2.05) is 29.2 Å². The van der Waals surface area contributed by atoms with Crippen LogP contribution in [0.1, 0.15) is 56.9 Å². The van der Waals surface area contributed by atoms with Crippen molar-refractivity contribution in [2.45, 2.75) is 63.5 Å². The Morgan fingerprint density at radius 3 is 2.50 bits per heavy atom. The van der Waals surface area contributed by atoms with E-state index >= 15 is 0 Å². The van der Waals surface area contributed by atoms with Crippen LogP contribution in [0.3, 0.4) is 0 Å². The van der Waals surface area contributed by atoms with E-state index in [4.69, 9.17) is 0 Å². The lowest BCUT2D eigenvalue weighted by atomic mass is 9.97. The summed E-state index contributed by atoms with van der Waals surface area (Å²) in [6, 6.07) is 7.77. The number of piperidine rings is 1. The van der Waals surface area contributed by atoms with Crippen LogP contribution in [0.15, 0.2) is 24.3 Å². The standard InChI is InChI=1S/C19H26N2O3/c22-17(13-19(24)10-2-3-11-19)20-14-15-6-8-16(9-7-15)21-12-4-1-5-18(21)23/h6-9,24H,1-5,10-14H2,(H,20,22). The molecule has 130 valence electrons. The summed E-state index contributed by atoms with van der Waals surface area (Å²) in [4.78, 5) is 25.8. The summed E-state index contributed by atoms with van der Waals surface area (Å²) in [5, 5.41) is 13.1. The van der Waals surface area contributed by atoms with E-state index in [2.05, 4.69) is 5.32 Å². The molecule has 2 amide bonds. The van der Waals surface area contributed by atoms with Crippen molar-refractivity contribution in [2.24, 2.45) is 0 Å². The average Bonchev–Trinajstić information content (AvgIpc) is 3.00. The van der Waals surface area contributed by atoms with Crippen molar-refractivity contribution in [1.82, 2.24) is 5.32 Å². The molecule has 0 unspecified atom stereocenters. The zero-order valence-electron chi connectivity index (χ0n) is 14.1. The average molecular weight is 330 g/mol. The monoisotopic (exact) mass is 330 g/mol. The number of rotatable bonds is 5. The topological polar surface area (TPSA) is 69.6 Å². The molecule has 0 radical (unpaired) electrons. The Labute approximate surface area is 143 Å². The van der Waals surface area contributed by atoms with Crippen molar-refractivity contribution in [3.8, 4) is 0 Å². The molecule has 24 heavy (non-hydrogen) atoms. The molecule has 1 saturated carbocycles. The number of carbonyl (C=O) groups excluding carboxylic acids is 2. The van der Waals surface area contributed by atoms with Gasteiger partial charge in [-0.2, -0.15) is 0 Å². The summed E-state index contributed by atoms with van der Waals surface area (Å²) in [6.45, 7) is 1.23. The number of nitrogens with one attached hydrogen (secondary N) is 1. The quantitative estimate of drug-likeness (QED) is 0.871. The Hall–Kier alpha value is -1.88. The third kappa shape index (κ3) is 4.15. The normalized spacial score (nSPS) is 20.2. The van der Waals surface area contributed by atoms with E-state index in [-0.39, 0.29) is 18.2 Å². The van der Waals surface area contributed by atoms with Crippen LogP contribution in [0.4, 0.5) is 5.69 Å². The van der Waals surface area contributed by atoms with Crippen LogP contribution in [-0.4, -0.2) is 29.1 Å². The van der Waals surface area contributed by atoms with Gasteiger partial charge in [-0.25, -0.2) is 0 Å². The van der Waals surface area contributed by atoms with Gasteiger partial charge in [0, 0.05) is 25.2 Å². The maximum atomic E-state index is 12.0. The molecule has 2 N–H and O–H groups in total. The minimum absolute atomic E-state index is 0.102. The zero-order chi connectivity index (χ0) is 17.0. The predicted octanol–water partition coefficient (Wildman–Crippen LogP) is 2.51. The van der Waals surface area contributed by atoms with Gasteiger partial charge in [-0.3, -0.25) is 9.59 Å². The smallest absolute Gasteiger partial charge is 0.226 e. The van der Waals surface area contributed by atoms with Crippen LogP contribution in [0, 0.1) is 0 Å². The van der Waals surface area contributed by atoms with Gasteiger partial charge in [0.25, 0.3) is 0 Å². The highest BCUT2D eigenvalue weighted by atomic mass is 16.3. The molecule has 0 spiro atoms. The molecule has 5 nitrogen and oxygen atoms in total. The van der Waals surface area contributed by atoms with Crippen LogP contribution in [-0.2, 0) is 16.1 Å². The fourth-order valence-corrected chi connectivity index (χ4v) is 3.64. The lowest BCUT2D eigenvalue weighted by Crippen LogP contribution is -2.35. The second-order valence-corrected chi connectivity index (χ2v) is 7.05. The third-order valence-corrected chi connectivity index (χ3v) is 5.08. The summed E-state index contributed by atoms with van der Waals surface area (Å²) >= 11 is 0. The molecule has 1 heterocycles. The molecule has 1 aromatic carbocycles. The van der Waals surface area contributed by atoms with Crippen molar-refractivity contribution < 1.29 is 14.7 Å². The van der Waals surface area contributed by atoms with E-state index in [9.17, 15) is 14.7 Å². The largest absolute Gasteiger partial charge is 0.389 e. The number of carbonyl (C=O) groups is 2. The first kappa shape index (κ1) is 17.0. The molecule has 1 aromatic rings. The van der Waals surface area contributed by atoms with E-state index in [0.29, 0.717) is 13.0 Å². The second kappa shape index (κ2) is 7.34. The molecule has 0 aromatic heterocycles. The van der Waals surface area contributed by atoms with Crippen LogP contribution in [0.2, 0.25) is 0 Å². The van der Waals surface area contributed by atoms with Crippen LogP contribution in [0.5, 0.6) is 0 Å². The molecule has 2 fully saturated rings. The number of nitrogens with zero attached hydrogens (tertiary/aromatic N) is 1. The summed E-state index contributed by atoms with van der Waals surface area (Å²) < 4.78 is 0. The van der Waals surface area contributed by atoms with Crippen LogP contribution >= 0.6 is 0 Å². The lowest BCUT2D eigenvalue weighted by molar-refractivity contribution is -0.126. The van der Waals surface area contributed by atoms with Crippen LogP contribution in [0.25, 0.3) is 0 Å². The van der Waals surface area contributed by atoms with Gasteiger partial charge in [-0.1, -0.05) is 25.0 Å². The molecule has 0 atom stereocenters. The number of amides is 2. The third-order valence-electron chi connectivity index (χ3n) is 5.08. The van der Waals surface area contributed by atoms with Crippen molar-refractivity contribution >= 4 is 17.5 Å². The van der Waals surface area contributed by atoms with Gasteiger partial charge < -0.3 is 15.3 Å². The first-order valence-corrected chi connectivity index (χ1v) is 8.94. The van der Waals surface area contributed by atoms with E-state index in [1.165, 1.54) is 0 Å². The Balaban J connectivity index is 1.51. The zero-order valence-corrected chi connectivity index (χ0v) is 14.1. The summed E-state index contributed by atoms with van der Waals surface area (Å²) in [5.41, 5.74) is 1.12. The number of hydrogen-bond donors (Lipinski definition) is 2. The van der Waals surface area contributed by atoms with Gasteiger partial charge >= 0.3 is 0 Å². The second-order valence-electron chi connectivity index (χ2n) is 7.05. The van der Waals surface area contributed by atoms with Crippen LogP contribution < -0.4 is 10.2 Å². The highest BCUT2D eigenvalue weighted by Gasteiger charge is 2.33. The fraction of sp³-hybridized carbons (Fsp3) is 0.579. The first-order chi connectivity index (χ1) is 11.6. The predicted molar refractivity (Wildman–Crippen MR) is 92.5 cm³/mol. The molecular formula is C19H26N2O3. The first-order valence-electron chi connectivity index (χ1n) is 8.94. The molecule has 0 bridgehead atoms. The molecule has 3 rings (SSSR count). The van der Waals surface area contributed by atoms with E-state index in [0.717, 1.165) is 56.3 Å². The van der Waals surface area contributed by atoms with Gasteiger partial charge in [0.2, 0.25) is 11.8 Å². The van der Waals surface area contributed by atoms with Crippen molar-refractivity contribution in [2.75, 3.05) is 11.4 Å². The molecule has 1 saturated heterocycles. The minimum atomic E-state index is -0.803.